The number of likely N-dealkylation sites (tertiary alicyclic amines) is 1. The standard InChI is InChI=1S/C28H42F3NO3/c1-18(17-32-13-11-27(35,12-14-32)28(29,30)31)23-8-9-24-20(5-4-10-26(23,24)3)6-7-21-15-22(33)16-25(34)19(21)2/h6-7,18,22-25,33-35H,2,4-5,8-17H2,1,3H3/b20-6+,21-7-/t18-,22?,23-,24+,25+,26-/m1/s1. The van der Waals surface area contributed by atoms with Crippen molar-refractivity contribution in [3.8, 4) is 0 Å². The van der Waals surface area contributed by atoms with E-state index in [1.54, 1.807) is 0 Å². The molecule has 3 aliphatic carbocycles. The van der Waals surface area contributed by atoms with E-state index in [1.807, 2.05) is 0 Å². The first-order valence-electron chi connectivity index (χ1n) is 13.3. The number of hydrogen-bond acceptors (Lipinski definition) is 4. The Bertz CT molecular complexity index is 858. The second kappa shape index (κ2) is 9.96. The van der Waals surface area contributed by atoms with Crippen molar-refractivity contribution in [3.63, 3.8) is 0 Å². The average Bonchev–Trinajstić information content (AvgIpc) is 3.13. The Morgan fingerprint density at radius 2 is 1.83 bits per heavy atom. The van der Waals surface area contributed by atoms with Crippen LogP contribution in [0.3, 0.4) is 0 Å². The van der Waals surface area contributed by atoms with Crippen molar-refractivity contribution in [2.75, 3.05) is 19.6 Å². The van der Waals surface area contributed by atoms with Crippen LogP contribution in [0.5, 0.6) is 0 Å². The molecule has 0 aromatic rings. The highest BCUT2D eigenvalue weighted by molar-refractivity contribution is 5.38. The number of alkyl halides is 3. The molecule has 1 heterocycles. The van der Waals surface area contributed by atoms with Crippen molar-refractivity contribution < 1.29 is 28.5 Å². The Morgan fingerprint density at radius 3 is 2.49 bits per heavy atom. The zero-order chi connectivity index (χ0) is 25.6. The highest BCUT2D eigenvalue weighted by Gasteiger charge is 2.55. The van der Waals surface area contributed by atoms with Crippen LogP contribution in [0.25, 0.3) is 0 Å². The van der Waals surface area contributed by atoms with Crippen LogP contribution in [0.2, 0.25) is 0 Å². The Balaban J connectivity index is 1.41. The highest BCUT2D eigenvalue weighted by atomic mass is 19.4. The zero-order valence-corrected chi connectivity index (χ0v) is 21.2. The molecular weight excluding hydrogens is 455 g/mol. The third-order valence-electron chi connectivity index (χ3n) is 9.75. The number of allylic oxidation sites excluding steroid dienone is 3. The lowest BCUT2D eigenvalue weighted by Crippen LogP contribution is -2.54. The van der Waals surface area contributed by atoms with Gasteiger partial charge in [-0.15, -0.1) is 0 Å². The summed E-state index contributed by atoms with van der Waals surface area (Å²) in [6, 6.07) is 0. The maximum atomic E-state index is 13.2. The van der Waals surface area contributed by atoms with E-state index in [4.69, 9.17) is 0 Å². The lowest BCUT2D eigenvalue weighted by Gasteiger charge is -2.46. The maximum Gasteiger partial charge on any atom is 0.417 e. The molecule has 4 fully saturated rings. The van der Waals surface area contributed by atoms with Gasteiger partial charge in [0.25, 0.3) is 0 Å². The molecule has 6 atom stereocenters. The van der Waals surface area contributed by atoms with Crippen LogP contribution in [0.4, 0.5) is 13.2 Å². The van der Waals surface area contributed by atoms with E-state index in [0.29, 0.717) is 36.2 Å². The van der Waals surface area contributed by atoms with Gasteiger partial charge in [-0.25, -0.2) is 0 Å². The minimum Gasteiger partial charge on any atom is -0.393 e. The van der Waals surface area contributed by atoms with Crippen molar-refractivity contribution in [3.05, 3.63) is 35.5 Å². The zero-order valence-electron chi connectivity index (χ0n) is 21.2. The van der Waals surface area contributed by atoms with E-state index in [9.17, 15) is 28.5 Å². The lowest BCUT2D eigenvalue weighted by molar-refractivity contribution is -0.272. The number of halogens is 3. The molecular formula is C28H42F3NO3. The molecule has 1 unspecified atom stereocenters. The van der Waals surface area contributed by atoms with Gasteiger partial charge in [0, 0.05) is 26.1 Å². The molecule has 35 heavy (non-hydrogen) atoms. The van der Waals surface area contributed by atoms with Gasteiger partial charge in [0.05, 0.1) is 12.2 Å². The van der Waals surface area contributed by atoms with Crippen LogP contribution >= 0.6 is 0 Å². The van der Waals surface area contributed by atoms with Gasteiger partial charge in [-0.2, -0.15) is 13.2 Å². The molecule has 1 saturated heterocycles. The van der Waals surface area contributed by atoms with Gasteiger partial charge in [-0.3, -0.25) is 0 Å². The molecule has 0 spiro atoms. The molecule has 1 aliphatic heterocycles. The topological polar surface area (TPSA) is 63.9 Å². The van der Waals surface area contributed by atoms with Crippen molar-refractivity contribution >= 4 is 0 Å². The summed E-state index contributed by atoms with van der Waals surface area (Å²) in [5, 5.41) is 30.2. The molecule has 3 saturated carbocycles. The Hall–Kier alpha value is -1.15. The van der Waals surface area contributed by atoms with Gasteiger partial charge >= 0.3 is 6.18 Å². The van der Waals surface area contributed by atoms with Gasteiger partial charge in [-0.1, -0.05) is 38.2 Å². The van der Waals surface area contributed by atoms with Crippen LogP contribution in [0, 0.1) is 23.2 Å². The summed E-state index contributed by atoms with van der Waals surface area (Å²) in [6.45, 7) is 10.0. The molecule has 0 aromatic carbocycles. The molecule has 0 aromatic heterocycles. The van der Waals surface area contributed by atoms with Gasteiger partial charge in [0.2, 0.25) is 0 Å². The quantitative estimate of drug-likeness (QED) is 0.503. The van der Waals surface area contributed by atoms with Crippen molar-refractivity contribution in [1.29, 1.82) is 0 Å². The Kier molecular flexibility index (Phi) is 7.65. The van der Waals surface area contributed by atoms with Gasteiger partial charge in [-0.05, 0) is 85.7 Å². The first kappa shape index (κ1) is 26.9. The third-order valence-corrected chi connectivity index (χ3v) is 9.75. The van der Waals surface area contributed by atoms with Crippen LogP contribution < -0.4 is 0 Å². The van der Waals surface area contributed by atoms with Crippen LogP contribution in [-0.2, 0) is 0 Å². The number of aliphatic hydroxyl groups excluding tert-OH is 2. The number of aliphatic hydroxyl groups is 3. The molecule has 4 rings (SSSR count). The van der Waals surface area contributed by atoms with E-state index >= 15 is 0 Å². The Labute approximate surface area is 207 Å². The summed E-state index contributed by atoms with van der Waals surface area (Å²) in [5.74, 6) is 1.38. The number of hydrogen-bond donors (Lipinski definition) is 3. The number of rotatable bonds is 4. The second-order valence-electron chi connectivity index (χ2n) is 12.0. The molecule has 3 N–H and O–H groups in total. The minimum absolute atomic E-state index is 0.174. The summed E-state index contributed by atoms with van der Waals surface area (Å²) in [4.78, 5) is 2.11. The molecule has 4 aliphatic rings. The van der Waals surface area contributed by atoms with Crippen molar-refractivity contribution in [2.24, 2.45) is 23.2 Å². The van der Waals surface area contributed by atoms with Crippen LogP contribution in [0.1, 0.15) is 71.6 Å². The van der Waals surface area contributed by atoms with Crippen LogP contribution in [0.15, 0.2) is 35.5 Å². The molecule has 4 nitrogen and oxygen atoms in total. The number of fused-ring (bicyclic) bond motifs is 1. The lowest BCUT2D eigenvalue weighted by atomic mass is 9.61. The number of nitrogens with zero attached hydrogens (tertiary/aromatic N) is 1. The van der Waals surface area contributed by atoms with Crippen LogP contribution in [-0.4, -0.2) is 63.8 Å². The van der Waals surface area contributed by atoms with E-state index < -0.39 is 24.0 Å². The summed E-state index contributed by atoms with van der Waals surface area (Å²) in [7, 11) is 0. The largest absolute Gasteiger partial charge is 0.417 e. The number of piperidine rings is 1. The summed E-state index contributed by atoms with van der Waals surface area (Å²) >= 11 is 0. The van der Waals surface area contributed by atoms with Crippen molar-refractivity contribution in [1.82, 2.24) is 4.90 Å². The molecule has 7 heteroatoms. The fourth-order valence-electron chi connectivity index (χ4n) is 7.60. The summed E-state index contributed by atoms with van der Waals surface area (Å²) in [5.41, 5.74) is 0.722. The molecule has 0 radical (unpaired) electrons. The fourth-order valence-corrected chi connectivity index (χ4v) is 7.60. The van der Waals surface area contributed by atoms with Gasteiger partial charge in [0.1, 0.15) is 0 Å². The Morgan fingerprint density at radius 1 is 1.14 bits per heavy atom. The van der Waals surface area contributed by atoms with E-state index in [-0.39, 0.29) is 31.3 Å². The first-order chi connectivity index (χ1) is 16.3. The van der Waals surface area contributed by atoms with E-state index in [2.05, 4.69) is 37.5 Å². The van der Waals surface area contributed by atoms with E-state index in [0.717, 1.165) is 37.8 Å². The third kappa shape index (κ3) is 5.29. The van der Waals surface area contributed by atoms with E-state index in [1.165, 1.54) is 12.0 Å². The smallest absolute Gasteiger partial charge is 0.393 e. The fraction of sp³-hybridized carbons (Fsp3) is 0.786. The first-order valence-corrected chi connectivity index (χ1v) is 13.3. The molecule has 198 valence electrons. The molecule has 0 amide bonds. The maximum absolute atomic E-state index is 13.2. The van der Waals surface area contributed by atoms with Gasteiger partial charge in [0.15, 0.2) is 5.60 Å². The van der Waals surface area contributed by atoms with Crippen molar-refractivity contribution in [2.45, 2.75) is 95.6 Å². The average molecular weight is 498 g/mol. The second-order valence-corrected chi connectivity index (χ2v) is 12.0. The highest BCUT2D eigenvalue weighted by Crippen LogP contribution is 2.59. The van der Waals surface area contributed by atoms with Gasteiger partial charge < -0.3 is 20.2 Å². The monoisotopic (exact) mass is 497 g/mol. The SMILES string of the molecule is C=C1/C(=C\C=C2/CCC[C@]3(C)[C@@H]([C@H](C)CN4CCC(O)(C(F)(F)F)CC4)CC[C@@H]23)CC(O)C[C@@H]1O. The predicted molar refractivity (Wildman–Crippen MR) is 131 cm³/mol. The summed E-state index contributed by atoms with van der Waals surface area (Å²) < 4.78 is 39.5. The molecule has 0 bridgehead atoms. The minimum atomic E-state index is -4.56. The summed E-state index contributed by atoms with van der Waals surface area (Å²) in [6.07, 6.45) is 4.48. The normalized spacial score (nSPS) is 39.7. The predicted octanol–water partition coefficient (Wildman–Crippen LogP) is 5.15.